The fraction of sp³-hybridized carbons (Fsp3) is 0.400. The standard InChI is InChI=1S/C5H7NO4/c1-4(5(7)8)2-3-6(9)10/h2H,3H2,1H3,(H,7,8). The highest BCUT2D eigenvalue weighted by Crippen LogP contribution is 1.90. The van der Waals surface area contributed by atoms with Crippen molar-refractivity contribution in [3.8, 4) is 0 Å². The molecule has 0 fully saturated rings. The van der Waals surface area contributed by atoms with E-state index < -0.39 is 17.4 Å². The molecule has 0 atom stereocenters. The summed E-state index contributed by atoms with van der Waals surface area (Å²) in [5.74, 6) is -1.12. The van der Waals surface area contributed by atoms with Crippen molar-refractivity contribution in [1.82, 2.24) is 0 Å². The van der Waals surface area contributed by atoms with Crippen molar-refractivity contribution in [3.05, 3.63) is 21.8 Å². The lowest BCUT2D eigenvalue weighted by atomic mass is 10.3. The molecule has 56 valence electrons. The summed E-state index contributed by atoms with van der Waals surface area (Å²) >= 11 is 0. The molecule has 0 spiro atoms. The van der Waals surface area contributed by atoms with Crippen LogP contribution < -0.4 is 0 Å². The number of hydrogen-bond donors (Lipinski definition) is 1. The van der Waals surface area contributed by atoms with E-state index in [-0.39, 0.29) is 5.57 Å². The van der Waals surface area contributed by atoms with E-state index in [1.54, 1.807) is 0 Å². The third-order valence-electron chi connectivity index (χ3n) is 0.884. The highest BCUT2D eigenvalue weighted by molar-refractivity contribution is 5.85. The van der Waals surface area contributed by atoms with Crippen molar-refractivity contribution in [2.24, 2.45) is 0 Å². The van der Waals surface area contributed by atoms with Gasteiger partial charge in [-0.15, -0.1) is 0 Å². The Bertz CT molecular complexity index is 184. The van der Waals surface area contributed by atoms with Gasteiger partial charge in [-0.25, -0.2) is 4.79 Å². The van der Waals surface area contributed by atoms with Crippen LogP contribution in [0.1, 0.15) is 6.92 Å². The summed E-state index contributed by atoms with van der Waals surface area (Å²) in [7, 11) is 0. The van der Waals surface area contributed by atoms with Gasteiger partial charge < -0.3 is 5.11 Å². The first-order valence-electron chi connectivity index (χ1n) is 2.56. The van der Waals surface area contributed by atoms with Gasteiger partial charge in [0, 0.05) is 10.5 Å². The summed E-state index contributed by atoms with van der Waals surface area (Å²) in [5.41, 5.74) is -0.00306. The van der Waals surface area contributed by atoms with Crippen LogP contribution in [0.2, 0.25) is 0 Å². The number of carboxylic acids is 1. The van der Waals surface area contributed by atoms with E-state index in [9.17, 15) is 14.9 Å². The molecule has 0 amide bonds. The number of nitrogens with zero attached hydrogens (tertiary/aromatic N) is 1. The number of rotatable bonds is 3. The van der Waals surface area contributed by atoms with Gasteiger partial charge in [-0.05, 0) is 13.0 Å². The number of nitro groups is 1. The van der Waals surface area contributed by atoms with Crippen molar-refractivity contribution in [2.75, 3.05) is 6.54 Å². The van der Waals surface area contributed by atoms with Crippen molar-refractivity contribution in [3.63, 3.8) is 0 Å². The van der Waals surface area contributed by atoms with Crippen LogP contribution in [-0.2, 0) is 4.79 Å². The highest BCUT2D eigenvalue weighted by Gasteiger charge is 2.00. The van der Waals surface area contributed by atoms with E-state index in [4.69, 9.17) is 5.11 Å². The molecule has 5 heteroatoms. The van der Waals surface area contributed by atoms with Crippen LogP contribution in [0.15, 0.2) is 11.6 Å². The van der Waals surface area contributed by atoms with Crippen molar-refractivity contribution in [1.29, 1.82) is 0 Å². The minimum absolute atomic E-state index is 0.00306. The Balaban J connectivity index is 3.92. The zero-order valence-corrected chi connectivity index (χ0v) is 5.40. The Morgan fingerprint density at radius 2 is 2.30 bits per heavy atom. The van der Waals surface area contributed by atoms with Gasteiger partial charge in [0.1, 0.15) is 0 Å². The number of carboxylic acid groups (broad SMARTS) is 1. The lowest BCUT2D eigenvalue weighted by Crippen LogP contribution is -2.02. The fourth-order valence-corrected chi connectivity index (χ4v) is 0.299. The Kier molecular flexibility index (Phi) is 3.10. The highest BCUT2D eigenvalue weighted by atomic mass is 16.6. The van der Waals surface area contributed by atoms with Gasteiger partial charge in [-0.3, -0.25) is 10.1 Å². The second-order valence-electron chi connectivity index (χ2n) is 1.71. The van der Waals surface area contributed by atoms with E-state index >= 15 is 0 Å². The van der Waals surface area contributed by atoms with Crippen LogP contribution in [0.5, 0.6) is 0 Å². The molecule has 0 bridgehead atoms. The van der Waals surface area contributed by atoms with Crippen LogP contribution in [0.3, 0.4) is 0 Å². The van der Waals surface area contributed by atoms with E-state index in [2.05, 4.69) is 0 Å². The number of aliphatic carboxylic acids is 1. The third kappa shape index (κ3) is 3.59. The Morgan fingerprint density at radius 3 is 2.60 bits per heavy atom. The predicted molar refractivity (Wildman–Crippen MR) is 33.3 cm³/mol. The molecule has 0 saturated carbocycles. The lowest BCUT2D eigenvalue weighted by Gasteiger charge is -1.88. The normalized spacial score (nSPS) is 11.1. The maximum atomic E-state index is 10.0. The third-order valence-corrected chi connectivity index (χ3v) is 0.884. The lowest BCUT2D eigenvalue weighted by molar-refractivity contribution is -0.468. The van der Waals surface area contributed by atoms with E-state index in [1.807, 2.05) is 0 Å². The van der Waals surface area contributed by atoms with Gasteiger partial charge in [0.25, 0.3) is 0 Å². The first-order chi connectivity index (χ1) is 4.54. The van der Waals surface area contributed by atoms with Crippen molar-refractivity contribution >= 4 is 5.97 Å². The van der Waals surface area contributed by atoms with Gasteiger partial charge >= 0.3 is 5.97 Å². The van der Waals surface area contributed by atoms with Crippen molar-refractivity contribution in [2.45, 2.75) is 6.92 Å². The average Bonchev–Trinajstić information content (AvgIpc) is 1.82. The summed E-state index contributed by atoms with van der Waals surface area (Å²) in [5, 5.41) is 17.9. The predicted octanol–water partition coefficient (Wildman–Crippen LogP) is 0.294. The van der Waals surface area contributed by atoms with E-state index in [1.165, 1.54) is 6.92 Å². The van der Waals surface area contributed by atoms with Crippen LogP contribution in [-0.4, -0.2) is 22.5 Å². The molecular weight excluding hydrogens is 138 g/mol. The summed E-state index contributed by atoms with van der Waals surface area (Å²) in [6, 6.07) is 0. The summed E-state index contributed by atoms with van der Waals surface area (Å²) in [6.45, 7) is 0.879. The maximum Gasteiger partial charge on any atom is 0.331 e. The largest absolute Gasteiger partial charge is 0.478 e. The maximum absolute atomic E-state index is 10.0. The summed E-state index contributed by atoms with van der Waals surface area (Å²) in [6.07, 6.45) is 1.06. The number of carbonyl (C=O) groups is 1. The molecule has 10 heavy (non-hydrogen) atoms. The van der Waals surface area contributed by atoms with Crippen LogP contribution in [0.25, 0.3) is 0 Å². The first kappa shape index (κ1) is 8.61. The van der Waals surface area contributed by atoms with Crippen LogP contribution in [0, 0.1) is 10.1 Å². The molecule has 0 rings (SSSR count). The molecule has 0 aliphatic heterocycles. The molecule has 1 N–H and O–H groups in total. The minimum atomic E-state index is -1.12. The topological polar surface area (TPSA) is 80.4 Å². The van der Waals surface area contributed by atoms with Gasteiger partial charge in [0.15, 0.2) is 0 Å². The molecule has 0 heterocycles. The van der Waals surface area contributed by atoms with E-state index in [0.717, 1.165) is 6.08 Å². The molecule has 0 saturated heterocycles. The Labute approximate surface area is 57.1 Å². The monoisotopic (exact) mass is 145 g/mol. The van der Waals surface area contributed by atoms with Gasteiger partial charge in [-0.2, -0.15) is 0 Å². The zero-order chi connectivity index (χ0) is 8.15. The van der Waals surface area contributed by atoms with Crippen LogP contribution in [0.4, 0.5) is 0 Å². The van der Waals surface area contributed by atoms with Gasteiger partial charge in [0.05, 0.1) is 0 Å². The van der Waals surface area contributed by atoms with Crippen molar-refractivity contribution < 1.29 is 14.8 Å². The summed E-state index contributed by atoms with van der Waals surface area (Å²) in [4.78, 5) is 19.1. The van der Waals surface area contributed by atoms with Gasteiger partial charge in [0.2, 0.25) is 6.54 Å². The SMILES string of the molecule is CC(=CC[N+](=O)[O-])C(=O)O. The molecule has 0 aliphatic rings. The van der Waals surface area contributed by atoms with E-state index in [0.29, 0.717) is 0 Å². The zero-order valence-electron chi connectivity index (χ0n) is 5.40. The Morgan fingerprint density at radius 1 is 1.80 bits per heavy atom. The fourth-order valence-electron chi connectivity index (χ4n) is 0.299. The molecular formula is C5H7NO4. The minimum Gasteiger partial charge on any atom is -0.478 e. The molecule has 0 aliphatic carbocycles. The second kappa shape index (κ2) is 3.60. The first-order valence-corrected chi connectivity index (χ1v) is 2.56. The molecule has 0 aromatic carbocycles. The number of hydrogen-bond acceptors (Lipinski definition) is 3. The molecule has 0 unspecified atom stereocenters. The average molecular weight is 145 g/mol. The summed E-state index contributed by atoms with van der Waals surface area (Å²) < 4.78 is 0. The second-order valence-corrected chi connectivity index (χ2v) is 1.71. The smallest absolute Gasteiger partial charge is 0.331 e. The molecule has 0 radical (unpaired) electrons. The molecule has 0 aromatic rings. The molecule has 5 nitrogen and oxygen atoms in total. The quantitative estimate of drug-likeness (QED) is 0.351. The van der Waals surface area contributed by atoms with Gasteiger partial charge in [-0.1, -0.05) is 0 Å². The Hall–Kier alpha value is -1.39. The van der Waals surface area contributed by atoms with Crippen LogP contribution >= 0.6 is 0 Å². The molecule has 0 aromatic heterocycles.